The molecule has 2 aromatic rings. The van der Waals surface area contributed by atoms with Crippen LogP contribution in [0.15, 0.2) is 46.9 Å². The number of benzene rings is 2. The minimum absolute atomic E-state index is 0.275. The molecule has 0 unspecified atom stereocenters. The van der Waals surface area contributed by atoms with Gasteiger partial charge >= 0.3 is 5.97 Å². The van der Waals surface area contributed by atoms with Crippen LogP contribution in [0.2, 0.25) is 5.02 Å². The van der Waals surface area contributed by atoms with Crippen LogP contribution in [-0.4, -0.2) is 25.1 Å². The minimum Gasteiger partial charge on any atom is -0.497 e. The first-order valence-electron chi connectivity index (χ1n) is 7.01. The van der Waals surface area contributed by atoms with Crippen LogP contribution in [0, 0.1) is 0 Å². The molecule has 2 aromatic carbocycles. The Bertz CT molecular complexity index is 766. The summed E-state index contributed by atoms with van der Waals surface area (Å²) in [6, 6.07) is 11.6. The van der Waals surface area contributed by atoms with Gasteiger partial charge in [-0.05, 0) is 59.3 Å². The lowest BCUT2D eigenvalue weighted by Crippen LogP contribution is -2.30. The van der Waals surface area contributed by atoms with Crippen LogP contribution in [-0.2, 0) is 9.53 Å². The zero-order chi connectivity index (χ0) is 17.7. The number of methoxy groups -OCH3 is 1. The van der Waals surface area contributed by atoms with Gasteiger partial charge in [-0.15, -0.1) is 0 Å². The van der Waals surface area contributed by atoms with Crippen molar-refractivity contribution in [2.75, 3.05) is 12.4 Å². The third kappa shape index (κ3) is 4.72. The van der Waals surface area contributed by atoms with Crippen LogP contribution in [0.3, 0.4) is 0 Å². The number of ether oxygens (including phenoxy) is 2. The standard InChI is InChI=1S/C17H15BrClNO4/c1-10(16(21)20-12-5-3-4-11(19)8-12)24-17(22)14-9-13(23-2)6-7-15(14)18/h3-10H,1-2H3,(H,20,21)/t10-/m0/s1. The average Bonchev–Trinajstić information content (AvgIpc) is 2.55. The van der Waals surface area contributed by atoms with E-state index in [0.29, 0.717) is 20.9 Å². The molecule has 5 nitrogen and oxygen atoms in total. The van der Waals surface area contributed by atoms with E-state index in [9.17, 15) is 9.59 Å². The Morgan fingerprint density at radius 1 is 1.21 bits per heavy atom. The SMILES string of the molecule is COc1ccc(Br)c(C(=O)O[C@@H](C)C(=O)Nc2cccc(Cl)c2)c1. The van der Waals surface area contributed by atoms with Crippen molar-refractivity contribution < 1.29 is 19.1 Å². The van der Waals surface area contributed by atoms with E-state index in [1.165, 1.54) is 20.1 Å². The third-order valence-electron chi connectivity index (χ3n) is 3.14. The Morgan fingerprint density at radius 3 is 2.62 bits per heavy atom. The number of anilines is 1. The smallest absolute Gasteiger partial charge is 0.340 e. The van der Waals surface area contributed by atoms with Gasteiger partial charge in [0.25, 0.3) is 5.91 Å². The first-order chi connectivity index (χ1) is 11.4. The average molecular weight is 413 g/mol. The Hall–Kier alpha value is -2.05. The Kier molecular flexibility index (Phi) is 6.23. The Balaban J connectivity index is 2.04. The highest BCUT2D eigenvalue weighted by Crippen LogP contribution is 2.23. The van der Waals surface area contributed by atoms with Crippen LogP contribution < -0.4 is 10.1 Å². The summed E-state index contributed by atoms with van der Waals surface area (Å²) in [7, 11) is 1.50. The van der Waals surface area contributed by atoms with E-state index in [0.717, 1.165) is 0 Å². The molecule has 126 valence electrons. The lowest BCUT2D eigenvalue weighted by atomic mass is 10.2. The molecule has 0 spiro atoms. The molecular formula is C17H15BrClNO4. The molecule has 1 N–H and O–H groups in total. The quantitative estimate of drug-likeness (QED) is 0.744. The van der Waals surface area contributed by atoms with Gasteiger partial charge in [-0.3, -0.25) is 4.79 Å². The van der Waals surface area contributed by atoms with Crippen molar-refractivity contribution in [1.29, 1.82) is 0 Å². The molecule has 7 heteroatoms. The van der Waals surface area contributed by atoms with E-state index in [4.69, 9.17) is 21.1 Å². The normalized spacial score (nSPS) is 11.5. The van der Waals surface area contributed by atoms with Crippen molar-refractivity contribution in [3.8, 4) is 5.75 Å². The van der Waals surface area contributed by atoms with Crippen LogP contribution >= 0.6 is 27.5 Å². The second-order valence-electron chi connectivity index (χ2n) is 4.89. The van der Waals surface area contributed by atoms with Gasteiger partial charge in [0.05, 0.1) is 12.7 Å². The number of carbonyl (C=O) groups is 2. The molecule has 0 saturated carbocycles. The van der Waals surface area contributed by atoms with E-state index >= 15 is 0 Å². The molecule has 0 bridgehead atoms. The number of amides is 1. The highest BCUT2D eigenvalue weighted by Gasteiger charge is 2.21. The number of halogens is 2. The zero-order valence-corrected chi connectivity index (χ0v) is 15.3. The number of esters is 1. The van der Waals surface area contributed by atoms with Crippen molar-refractivity contribution >= 4 is 45.1 Å². The molecule has 0 fully saturated rings. The van der Waals surface area contributed by atoms with Crippen LogP contribution in [0.1, 0.15) is 17.3 Å². The van der Waals surface area contributed by atoms with Gasteiger partial charge in [0.2, 0.25) is 0 Å². The second kappa shape index (κ2) is 8.17. The summed E-state index contributed by atoms with van der Waals surface area (Å²) >= 11 is 9.14. The molecule has 2 rings (SSSR count). The number of carbonyl (C=O) groups excluding carboxylic acids is 2. The Morgan fingerprint density at radius 2 is 1.96 bits per heavy atom. The van der Waals surface area contributed by atoms with Crippen LogP contribution in [0.5, 0.6) is 5.75 Å². The van der Waals surface area contributed by atoms with Gasteiger partial charge < -0.3 is 14.8 Å². The Labute approximate surface area is 153 Å². The predicted octanol–water partition coefficient (Wildman–Crippen LogP) is 4.30. The molecule has 0 aromatic heterocycles. The number of hydrogen-bond donors (Lipinski definition) is 1. The van der Waals surface area contributed by atoms with E-state index in [1.807, 2.05) is 0 Å². The molecule has 0 saturated heterocycles. The fraction of sp³-hybridized carbons (Fsp3) is 0.176. The molecule has 0 heterocycles. The van der Waals surface area contributed by atoms with Crippen molar-refractivity contribution in [1.82, 2.24) is 0 Å². The van der Waals surface area contributed by atoms with Gasteiger partial charge in [-0.25, -0.2) is 4.79 Å². The first-order valence-corrected chi connectivity index (χ1v) is 8.18. The lowest BCUT2D eigenvalue weighted by molar-refractivity contribution is -0.123. The first kappa shape index (κ1) is 18.3. The summed E-state index contributed by atoms with van der Waals surface area (Å²) in [5.41, 5.74) is 0.801. The van der Waals surface area contributed by atoms with Gasteiger partial charge in [0.15, 0.2) is 6.10 Å². The molecule has 0 aliphatic rings. The number of hydrogen-bond acceptors (Lipinski definition) is 4. The predicted molar refractivity (Wildman–Crippen MR) is 95.7 cm³/mol. The maximum atomic E-state index is 12.2. The summed E-state index contributed by atoms with van der Waals surface area (Å²) in [4.78, 5) is 24.4. The van der Waals surface area contributed by atoms with Crippen molar-refractivity contribution in [2.45, 2.75) is 13.0 Å². The molecule has 0 radical (unpaired) electrons. The second-order valence-corrected chi connectivity index (χ2v) is 6.18. The maximum Gasteiger partial charge on any atom is 0.340 e. The summed E-state index contributed by atoms with van der Waals surface area (Å²) < 4.78 is 10.8. The topological polar surface area (TPSA) is 64.6 Å². The van der Waals surface area contributed by atoms with Gasteiger partial charge in [0.1, 0.15) is 5.75 Å². The zero-order valence-electron chi connectivity index (χ0n) is 13.0. The van der Waals surface area contributed by atoms with Crippen molar-refractivity contribution in [3.05, 3.63) is 57.5 Å². The molecule has 24 heavy (non-hydrogen) atoms. The van der Waals surface area contributed by atoms with E-state index < -0.39 is 18.0 Å². The van der Waals surface area contributed by atoms with E-state index in [-0.39, 0.29) is 5.56 Å². The number of nitrogens with one attached hydrogen (secondary N) is 1. The van der Waals surface area contributed by atoms with E-state index in [2.05, 4.69) is 21.2 Å². The fourth-order valence-electron chi connectivity index (χ4n) is 1.88. The molecular weight excluding hydrogens is 398 g/mol. The fourth-order valence-corrected chi connectivity index (χ4v) is 2.47. The summed E-state index contributed by atoms with van der Waals surface area (Å²) in [6.07, 6.45) is -0.977. The summed E-state index contributed by atoms with van der Waals surface area (Å²) in [6.45, 7) is 1.49. The highest BCUT2D eigenvalue weighted by molar-refractivity contribution is 9.10. The monoisotopic (exact) mass is 411 g/mol. The number of rotatable bonds is 5. The van der Waals surface area contributed by atoms with Crippen molar-refractivity contribution in [3.63, 3.8) is 0 Å². The van der Waals surface area contributed by atoms with Crippen LogP contribution in [0.4, 0.5) is 5.69 Å². The third-order valence-corrected chi connectivity index (χ3v) is 4.07. The van der Waals surface area contributed by atoms with E-state index in [1.54, 1.807) is 36.4 Å². The van der Waals surface area contributed by atoms with Crippen LogP contribution in [0.25, 0.3) is 0 Å². The van der Waals surface area contributed by atoms with Gasteiger partial charge in [-0.2, -0.15) is 0 Å². The van der Waals surface area contributed by atoms with Crippen molar-refractivity contribution in [2.24, 2.45) is 0 Å². The van der Waals surface area contributed by atoms with Gasteiger partial charge in [-0.1, -0.05) is 17.7 Å². The maximum absolute atomic E-state index is 12.2. The molecule has 0 aliphatic heterocycles. The molecule has 1 amide bonds. The summed E-state index contributed by atoms with van der Waals surface area (Å²) in [5.74, 6) is -0.569. The molecule has 1 atom stereocenters. The minimum atomic E-state index is -0.977. The lowest BCUT2D eigenvalue weighted by Gasteiger charge is -2.14. The molecule has 0 aliphatic carbocycles. The highest BCUT2D eigenvalue weighted by atomic mass is 79.9. The summed E-state index contributed by atoms with van der Waals surface area (Å²) in [5, 5.41) is 3.14. The largest absolute Gasteiger partial charge is 0.497 e. The van der Waals surface area contributed by atoms with Gasteiger partial charge in [0, 0.05) is 15.2 Å².